The van der Waals surface area contributed by atoms with Crippen LogP contribution in [0.5, 0.6) is 0 Å². The number of likely N-dealkylation sites (tertiary alicyclic amines) is 1. The van der Waals surface area contributed by atoms with Crippen molar-refractivity contribution in [3.8, 4) is 0 Å². The van der Waals surface area contributed by atoms with E-state index in [-0.39, 0.29) is 30.2 Å². The molecule has 0 aliphatic carbocycles. The standard InChI is InChI=1S/C18H26N4O3/c1-12(2)21-10-14(16(11-21)25-3)19-17(23)8-9-22-15-7-5-4-6-13(15)20-18(22)24/h4-7,12,14,16H,8-11H2,1-3H3,(H,19,23)(H,20,24)/t14-,16-/m1/s1. The van der Waals surface area contributed by atoms with Gasteiger partial charge in [-0.25, -0.2) is 4.79 Å². The Hall–Kier alpha value is -2.12. The predicted octanol–water partition coefficient (Wildman–Crippen LogP) is 0.944. The number of rotatable bonds is 6. The lowest BCUT2D eigenvalue weighted by molar-refractivity contribution is -0.122. The summed E-state index contributed by atoms with van der Waals surface area (Å²) in [6.07, 6.45) is 0.262. The van der Waals surface area contributed by atoms with Gasteiger partial charge in [-0.15, -0.1) is 0 Å². The van der Waals surface area contributed by atoms with Crippen molar-refractivity contribution in [3.05, 3.63) is 34.7 Å². The number of ether oxygens (including phenoxy) is 1. The van der Waals surface area contributed by atoms with Crippen LogP contribution in [0.15, 0.2) is 29.1 Å². The van der Waals surface area contributed by atoms with Gasteiger partial charge < -0.3 is 15.0 Å². The van der Waals surface area contributed by atoms with Crippen LogP contribution in [0.1, 0.15) is 20.3 Å². The van der Waals surface area contributed by atoms with Crippen molar-refractivity contribution in [2.24, 2.45) is 0 Å². The Morgan fingerprint density at radius 1 is 1.36 bits per heavy atom. The molecule has 0 bridgehead atoms. The van der Waals surface area contributed by atoms with Crippen molar-refractivity contribution in [1.82, 2.24) is 19.8 Å². The summed E-state index contributed by atoms with van der Waals surface area (Å²) < 4.78 is 7.12. The van der Waals surface area contributed by atoms with Crippen LogP contribution in [0.4, 0.5) is 0 Å². The molecule has 136 valence electrons. The van der Waals surface area contributed by atoms with Gasteiger partial charge in [0.25, 0.3) is 0 Å². The zero-order chi connectivity index (χ0) is 18.0. The van der Waals surface area contributed by atoms with Gasteiger partial charge in [-0.1, -0.05) is 12.1 Å². The number of aryl methyl sites for hydroxylation is 1. The monoisotopic (exact) mass is 346 g/mol. The summed E-state index contributed by atoms with van der Waals surface area (Å²) in [6, 6.07) is 7.90. The molecule has 2 N–H and O–H groups in total. The zero-order valence-corrected chi connectivity index (χ0v) is 15.0. The molecular weight excluding hydrogens is 320 g/mol. The average molecular weight is 346 g/mol. The molecule has 7 heteroatoms. The fourth-order valence-corrected chi connectivity index (χ4v) is 3.42. The molecule has 1 aromatic carbocycles. The smallest absolute Gasteiger partial charge is 0.326 e. The molecule has 1 aliphatic rings. The third-order valence-corrected chi connectivity index (χ3v) is 4.92. The molecule has 1 amide bonds. The number of aromatic nitrogens is 2. The lowest BCUT2D eigenvalue weighted by atomic mass is 10.2. The zero-order valence-electron chi connectivity index (χ0n) is 15.0. The lowest BCUT2D eigenvalue weighted by Gasteiger charge is -2.20. The Morgan fingerprint density at radius 3 is 2.84 bits per heavy atom. The number of carbonyl (C=O) groups excluding carboxylic acids is 1. The number of hydrogen-bond donors (Lipinski definition) is 2. The van der Waals surface area contributed by atoms with Crippen molar-refractivity contribution >= 4 is 16.9 Å². The second-order valence-electron chi connectivity index (χ2n) is 6.84. The Kier molecular flexibility index (Phi) is 5.24. The molecule has 1 aromatic heterocycles. The normalized spacial score (nSPS) is 21.3. The highest BCUT2D eigenvalue weighted by Gasteiger charge is 2.34. The van der Waals surface area contributed by atoms with Crippen LogP contribution in [-0.2, 0) is 16.1 Å². The third kappa shape index (κ3) is 3.77. The highest BCUT2D eigenvalue weighted by Crippen LogP contribution is 2.16. The van der Waals surface area contributed by atoms with Gasteiger partial charge in [0, 0.05) is 39.2 Å². The number of methoxy groups -OCH3 is 1. The number of hydrogen-bond acceptors (Lipinski definition) is 4. The van der Waals surface area contributed by atoms with Gasteiger partial charge in [0.2, 0.25) is 5.91 Å². The first kappa shape index (κ1) is 17.7. The summed E-state index contributed by atoms with van der Waals surface area (Å²) in [6.45, 7) is 6.24. The van der Waals surface area contributed by atoms with Crippen LogP contribution in [0.3, 0.4) is 0 Å². The molecule has 2 heterocycles. The van der Waals surface area contributed by atoms with E-state index in [4.69, 9.17) is 4.74 Å². The van der Waals surface area contributed by atoms with E-state index in [0.717, 1.165) is 24.1 Å². The van der Waals surface area contributed by atoms with Crippen LogP contribution in [-0.4, -0.2) is 58.7 Å². The summed E-state index contributed by atoms with van der Waals surface area (Å²) in [7, 11) is 1.68. The van der Waals surface area contributed by atoms with Crippen molar-refractivity contribution in [2.45, 2.75) is 45.0 Å². The number of H-pyrrole nitrogens is 1. The minimum absolute atomic E-state index is 0.00200. The first-order chi connectivity index (χ1) is 12.0. The van der Waals surface area contributed by atoms with Crippen LogP contribution >= 0.6 is 0 Å². The molecule has 25 heavy (non-hydrogen) atoms. The molecule has 3 rings (SSSR count). The molecule has 7 nitrogen and oxygen atoms in total. The minimum Gasteiger partial charge on any atom is -0.378 e. The van der Waals surface area contributed by atoms with Gasteiger partial charge in [0.1, 0.15) is 0 Å². The van der Waals surface area contributed by atoms with Gasteiger partial charge in [0.15, 0.2) is 0 Å². The van der Waals surface area contributed by atoms with Crippen LogP contribution < -0.4 is 11.0 Å². The SMILES string of the molecule is CO[C@@H]1CN(C(C)C)C[C@H]1NC(=O)CCn1c(=O)[nH]c2ccccc21. The Bertz CT molecular complexity index is 795. The van der Waals surface area contributed by atoms with E-state index in [0.29, 0.717) is 12.6 Å². The topological polar surface area (TPSA) is 79.4 Å². The highest BCUT2D eigenvalue weighted by molar-refractivity contribution is 5.77. The van der Waals surface area contributed by atoms with Gasteiger partial charge >= 0.3 is 5.69 Å². The first-order valence-corrected chi connectivity index (χ1v) is 8.73. The number of nitrogens with one attached hydrogen (secondary N) is 2. The van der Waals surface area contributed by atoms with Crippen LogP contribution in [0.2, 0.25) is 0 Å². The van der Waals surface area contributed by atoms with E-state index in [2.05, 4.69) is 29.0 Å². The lowest BCUT2D eigenvalue weighted by Crippen LogP contribution is -2.44. The molecule has 1 saturated heterocycles. The number of amides is 1. The van der Waals surface area contributed by atoms with Gasteiger partial charge in [-0.3, -0.25) is 14.3 Å². The second kappa shape index (κ2) is 7.41. The molecule has 2 aromatic rings. The molecular formula is C18H26N4O3. The van der Waals surface area contributed by atoms with Crippen molar-refractivity contribution < 1.29 is 9.53 Å². The minimum atomic E-state index is -0.185. The number of imidazole rings is 1. The van der Waals surface area contributed by atoms with E-state index < -0.39 is 0 Å². The average Bonchev–Trinajstić information content (AvgIpc) is 3.13. The van der Waals surface area contributed by atoms with Crippen molar-refractivity contribution in [1.29, 1.82) is 0 Å². The van der Waals surface area contributed by atoms with E-state index in [1.54, 1.807) is 11.7 Å². The summed E-state index contributed by atoms with van der Waals surface area (Å²) in [4.78, 5) is 29.5. The van der Waals surface area contributed by atoms with E-state index >= 15 is 0 Å². The summed E-state index contributed by atoms with van der Waals surface area (Å²) >= 11 is 0. The quantitative estimate of drug-likeness (QED) is 0.816. The molecule has 0 radical (unpaired) electrons. The summed E-state index contributed by atoms with van der Waals surface area (Å²) in [5.74, 6) is -0.0603. The van der Waals surface area contributed by atoms with Crippen LogP contribution in [0.25, 0.3) is 11.0 Å². The van der Waals surface area contributed by atoms with Crippen molar-refractivity contribution in [2.75, 3.05) is 20.2 Å². The summed E-state index contributed by atoms with van der Waals surface area (Å²) in [5, 5.41) is 3.06. The van der Waals surface area contributed by atoms with Gasteiger partial charge in [0.05, 0.1) is 23.2 Å². The molecule has 0 unspecified atom stereocenters. The van der Waals surface area contributed by atoms with E-state index in [9.17, 15) is 9.59 Å². The first-order valence-electron chi connectivity index (χ1n) is 8.73. The van der Waals surface area contributed by atoms with Crippen molar-refractivity contribution in [3.63, 3.8) is 0 Å². The maximum atomic E-state index is 12.4. The third-order valence-electron chi connectivity index (χ3n) is 4.92. The Morgan fingerprint density at radius 2 is 2.12 bits per heavy atom. The summed E-state index contributed by atoms with van der Waals surface area (Å²) in [5.41, 5.74) is 1.42. The number of para-hydroxylation sites is 2. The van der Waals surface area contributed by atoms with Gasteiger partial charge in [-0.2, -0.15) is 0 Å². The van der Waals surface area contributed by atoms with E-state index in [1.807, 2.05) is 24.3 Å². The molecule has 0 saturated carbocycles. The number of aromatic amines is 1. The maximum absolute atomic E-state index is 12.4. The molecule has 1 fully saturated rings. The number of fused-ring (bicyclic) bond motifs is 1. The second-order valence-corrected chi connectivity index (χ2v) is 6.84. The van der Waals surface area contributed by atoms with Gasteiger partial charge in [-0.05, 0) is 26.0 Å². The molecule has 2 atom stereocenters. The number of benzene rings is 1. The predicted molar refractivity (Wildman–Crippen MR) is 96.6 cm³/mol. The van der Waals surface area contributed by atoms with Crippen LogP contribution in [0, 0.1) is 0 Å². The Balaban J connectivity index is 1.61. The largest absolute Gasteiger partial charge is 0.378 e. The number of nitrogens with zero attached hydrogens (tertiary/aromatic N) is 2. The molecule has 0 spiro atoms. The number of carbonyl (C=O) groups is 1. The Labute approximate surface area is 147 Å². The molecule has 1 aliphatic heterocycles. The fourth-order valence-electron chi connectivity index (χ4n) is 3.42. The van der Waals surface area contributed by atoms with E-state index in [1.165, 1.54) is 0 Å². The highest BCUT2D eigenvalue weighted by atomic mass is 16.5. The maximum Gasteiger partial charge on any atom is 0.326 e. The fraction of sp³-hybridized carbons (Fsp3) is 0.556.